The van der Waals surface area contributed by atoms with Crippen LogP contribution >= 0.6 is 0 Å². The first-order chi connectivity index (χ1) is 22.8. The lowest BCUT2D eigenvalue weighted by Gasteiger charge is -2.34. The second kappa shape index (κ2) is 21.2. The Morgan fingerprint density at radius 2 is 1.71 bits per heavy atom. The Hall–Kier alpha value is -2.28. The summed E-state index contributed by atoms with van der Waals surface area (Å²) in [5, 5.41) is 54.1. The second-order valence-corrected chi connectivity index (χ2v) is 14.4. The van der Waals surface area contributed by atoms with Crippen molar-refractivity contribution in [3.05, 3.63) is 36.0 Å². The van der Waals surface area contributed by atoms with Crippen molar-refractivity contribution >= 4 is 12.1 Å². The van der Waals surface area contributed by atoms with Gasteiger partial charge >= 0.3 is 12.1 Å². The average molecular weight is 697 g/mol. The Labute approximate surface area is 295 Å². The molecule has 0 aromatic rings. The number of carbonyl (C=O) groups excluding carboxylic acids is 2. The molecule has 1 amide bonds. The maximum atomic E-state index is 13.3. The Kier molecular flexibility index (Phi) is 19.3. The number of carbonyl (C=O) groups is 2. The molecule has 1 aliphatic heterocycles. The fraction of sp³-hybridized carbons (Fsp3) is 0.789. The Morgan fingerprint density at radius 3 is 2.29 bits per heavy atom. The number of hydrogen-bond donors (Lipinski definition) is 5. The van der Waals surface area contributed by atoms with E-state index in [0.717, 1.165) is 13.1 Å². The number of hydrogen-bond acceptors (Lipinski definition) is 10. The van der Waals surface area contributed by atoms with Crippen LogP contribution in [0.5, 0.6) is 0 Å². The third kappa shape index (κ3) is 15.2. The van der Waals surface area contributed by atoms with Crippen LogP contribution in [0.1, 0.15) is 101 Å². The molecule has 10 atom stereocenters. The van der Waals surface area contributed by atoms with Gasteiger partial charge in [-0.1, -0.05) is 65.8 Å². The van der Waals surface area contributed by atoms with Gasteiger partial charge in [-0.3, -0.25) is 4.79 Å². The number of nitrogens with zero attached hydrogens (tertiary/aromatic N) is 2. The molecule has 0 spiro atoms. The van der Waals surface area contributed by atoms with E-state index < -0.39 is 59.7 Å². The zero-order valence-corrected chi connectivity index (χ0v) is 31.8. The summed E-state index contributed by atoms with van der Waals surface area (Å²) in [5.74, 6) is -1.37. The van der Waals surface area contributed by atoms with Gasteiger partial charge in [0.1, 0.15) is 11.7 Å². The fourth-order valence-electron chi connectivity index (χ4n) is 6.07. The highest BCUT2D eigenvalue weighted by Gasteiger charge is 2.36. The molecule has 5 N–H and O–H groups in total. The number of aliphatic hydroxyl groups excluding tert-OH is 3. The van der Waals surface area contributed by atoms with Crippen molar-refractivity contribution < 1.29 is 44.6 Å². The molecule has 284 valence electrons. The van der Waals surface area contributed by atoms with Crippen LogP contribution in [-0.2, 0) is 14.3 Å². The molecule has 1 aliphatic rings. The summed E-state index contributed by atoms with van der Waals surface area (Å²) in [4.78, 5) is 30.0. The van der Waals surface area contributed by atoms with Crippen molar-refractivity contribution in [3.8, 4) is 0 Å². The van der Waals surface area contributed by atoms with Crippen molar-refractivity contribution in [1.82, 2.24) is 9.80 Å². The highest BCUT2D eigenvalue weighted by atomic mass is 16.6. The molecule has 0 saturated heterocycles. The molecule has 0 saturated carbocycles. The van der Waals surface area contributed by atoms with Crippen LogP contribution in [0.2, 0.25) is 0 Å². The molecule has 0 aromatic carbocycles. The molecule has 49 heavy (non-hydrogen) atoms. The van der Waals surface area contributed by atoms with Crippen LogP contribution in [0.25, 0.3) is 0 Å². The molecule has 0 aliphatic carbocycles. The van der Waals surface area contributed by atoms with Crippen molar-refractivity contribution in [1.29, 1.82) is 0 Å². The molecule has 11 heteroatoms. The van der Waals surface area contributed by atoms with Gasteiger partial charge in [-0.2, -0.15) is 0 Å². The zero-order valence-electron chi connectivity index (χ0n) is 31.8. The highest BCUT2D eigenvalue weighted by molar-refractivity contribution is 5.70. The van der Waals surface area contributed by atoms with Gasteiger partial charge in [-0.15, -0.1) is 0 Å². The quantitative estimate of drug-likeness (QED) is 0.0877. The Bertz CT molecular complexity index is 1090. The average Bonchev–Trinajstić information content (AvgIpc) is 3.04. The molecule has 10 unspecified atom stereocenters. The van der Waals surface area contributed by atoms with E-state index in [4.69, 9.17) is 9.47 Å². The molecular weight excluding hydrogens is 628 g/mol. The van der Waals surface area contributed by atoms with Crippen LogP contribution in [0, 0.1) is 17.8 Å². The minimum absolute atomic E-state index is 0.0682. The monoisotopic (exact) mass is 696 g/mol. The van der Waals surface area contributed by atoms with Crippen molar-refractivity contribution in [2.75, 3.05) is 32.7 Å². The van der Waals surface area contributed by atoms with Gasteiger partial charge in [0, 0.05) is 32.0 Å². The van der Waals surface area contributed by atoms with Crippen molar-refractivity contribution in [2.45, 2.75) is 143 Å². The minimum Gasteiger partial charge on any atom is -0.457 e. The lowest BCUT2D eigenvalue weighted by atomic mass is 9.81. The number of amides is 1. The van der Waals surface area contributed by atoms with Crippen LogP contribution in [0.15, 0.2) is 36.0 Å². The van der Waals surface area contributed by atoms with E-state index in [-0.39, 0.29) is 37.5 Å². The summed E-state index contributed by atoms with van der Waals surface area (Å²) >= 11 is 0. The molecule has 0 radical (unpaired) electrons. The van der Waals surface area contributed by atoms with Gasteiger partial charge in [0.2, 0.25) is 0 Å². The SMILES string of the molecule is CCC(O)C(C)C(C)C(O)CC(C)(O)/C=C/C=C(\C)C1OC(=O)CC(O)CCC(C)(O)C(OC(=O)N(CC)CCN(CC)CC)/C=C/C1C. The van der Waals surface area contributed by atoms with E-state index in [1.807, 2.05) is 34.6 Å². The molecule has 11 nitrogen and oxygen atoms in total. The maximum Gasteiger partial charge on any atom is 0.410 e. The topological polar surface area (TPSA) is 160 Å². The first-order valence-electron chi connectivity index (χ1n) is 18.2. The fourth-order valence-corrected chi connectivity index (χ4v) is 6.07. The summed E-state index contributed by atoms with van der Waals surface area (Å²) in [6.07, 6.45) is 4.13. The van der Waals surface area contributed by atoms with Gasteiger partial charge in [-0.25, -0.2) is 4.79 Å². The van der Waals surface area contributed by atoms with Crippen LogP contribution in [0.4, 0.5) is 4.79 Å². The van der Waals surface area contributed by atoms with Crippen LogP contribution in [-0.4, -0.2) is 122 Å². The summed E-state index contributed by atoms with van der Waals surface area (Å²) in [6.45, 7) is 21.8. The number of rotatable bonds is 16. The standard InChI is InChI=1S/C38H68N2O9/c1-11-31(42)28(7)29(8)32(43)25-37(9,46)20-15-16-26(5)35-27(6)17-18-33(38(10,47)21-19-30(41)24-34(44)49-35)48-36(45)40(14-4)23-22-39(12-2)13-3/h15-18,20,27-33,35,41-43,46-47H,11-14,19,21-25H2,1-10H3/b18-17+,20-15+,26-16+. The molecule has 0 aromatic heterocycles. The van der Waals surface area contributed by atoms with Gasteiger partial charge in [0.25, 0.3) is 0 Å². The lowest BCUT2D eigenvalue weighted by Crippen LogP contribution is -2.46. The maximum absolute atomic E-state index is 13.3. The molecular formula is C38H68N2O9. The number of allylic oxidation sites excluding steroid dienone is 2. The smallest absolute Gasteiger partial charge is 0.410 e. The zero-order chi connectivity index (χ0) is 37.5. The molecule has 0 bridgehead atoms. The number of cyclic esters (lactones) is 1. The van der Waals surface area contributed by atoms with Crippen molar-refractivity contribution in [2.24, 2.45) is 17.8 Å². The van der Waals surface area contributed by atoms with Crippen LogP contribution in [0.3, 0.4) is 0 Å². The second-order valence-electron chi connectivity index (χ2n) is 14.4. The number of likely N-dealkylation sites (N-methyl/N-ethyl adjacent to an activating group) is 2. The van der Waals surface area contributed by atoms with E-state index in [1.165, 1.54) is 0 Å². The third-order valence-corrected chi connectivity index (χ3v) is 10.1. The predicted octanol–water partition coefficient (Wildman–Crippen LogP) is 4.60. The third-order valence-electron chi connectivity index (χ3n) is 10.1. The summed E-state index contributed by atoms with van der Waals surface area (Å²) in [5.41, 5.74) is -2.20. The molecule has 1 rings (SSSR count). The highest BCUT2D eigenvalue weighted by Crippen LogP contribution is 2.29. The minimum atomic E-state index is -1.52. The van der Waals surface area contributed by atoms with E-state index in [0.29, 0.717) is 31.6 Å². The Morgan fingerprint density at radius 1 is 1.10 bits per heavy atom. The van der Waals surface area contributed by atoms with Gasteiger partial charge in [-0.05, 0) is 83.5 Å². The van der Waals surface area contributed by atoms with E-state index >= 15 is 0 Å². The van der Waals surface area contributed by atoms with E-state index in [2.05, 4.69) is 18.7 Å². The molecule has 1 heterocycles. The molecule has 0 fully saturated rings. The number of esters is 1. The number of ether oxygens (including phenoxy) is 2. The number of aliphatic hydroxyl groups is 5. The normalized spacial score (nSPS) is 28.8. The predicted molar refractivity (Wildman–Crippen MR) is 193 cm³/mol. The van der Waals surface area contributed by atoms with Gasteiger partial charge in [0.05, 0.1) is 30.3 Å². The van der Waals surface area contributed by atoms with Crippen molar-refractivity contribution in [3.63, 3.8) is 0 Å². The van der Waals surface area contributed by atoms with Gasteiger partial charge in [0.15, 0.2) is 6.10 Å². The van der Waals surface area contributed by atoms with E-state index in [1.54, 1.807) is 56.1 Å². The van der Waals surface area contributed by atoms with Gasteiger partial charge < -0.3 is 44.8 Å². The van der Waals surface area contributed by atoms with E-state index in [9.17, 15) is 35.1 Å². The first kappa shape index (κ1) is 44.7. The lowest BCUT2D eigenvalue weighted by molar-refractivity contribution is -0.151. The summed E-state index contributed by atoms with van der Waals surface area (Å²) in [7, 11) is 0. The first-order valence-corrected chi connectivity index (χ1v) is 18.2. The summed E-state index contributed by atoms with van der Waals surface area (Å²) in [6, 6.07) is 0. The largest absolute Gasteiger partial charge is 0.457 e. The van der Waals surface area contributed by atoms with Crippen LogP contribution < -0.4 is 0 Å². The summed E-state index contributed by atoms with van der Waals surface area (Å²) < 4.78 is 11.7. The Balaban J connectivity index is 3.26.